The lowest BCUT2D eigenvalue weighted by Gasteiger charge is -2.01. The molecule has 0 aromatic heterocycles. The van der Waals surface area contributed by atoms with Gasteiger partial charge in [0.25, 0.3) is 0 Å². The quantitative estimate of drug-likeness (QED) is 0.657. The van der Waals surface area contributed by atoms with Crippen LogP contribution in [0.2, 0.25) is 5.02 Å². The third-order valence-corrected chi connectivity index (χ3v) is 3.89. The van der Waals surface area contributed by atoms with Crippen LogP contribution in [0.1, 0.15) is 18.9 Å². The maximum atomic E-state index is 6.00. The van der Waals surface area contributed by atoms with Gasteiger partial charge in [-0.3, -0.25) is 0 Å². The van der Waals surface area contributed by atoms with Crippen LogP contribution in [0.15, 0.2) is 28.2 Å². The second kappa shape index (κ2) is 5.94. The molecular formula is C11H11Br2Cl. The number of benzene rings is 1. The maximum Gasteiger partial charge on any atom is 0.0554 e. The summed E-state index contributed by atoms with van der Waals surface area (Å²) in [5.41, 5.74) is 2.51. The maximum absolute atomic E-state index is 6.00. The third-order valence-electron chi connectivity index (χ3n) is 1.94. The van der Waals surface area contributed by atoms with Gasteiger partial charge in [0.2, 0.25) is 0 Å². The molecule has 1 rings (SSSR count). The molecular weight excluding hydrogens is 327 g/mol. The molecule has 0 aliphatic heterocycles. The van der Waals surface area contributed by atoms with Gasteiger partial charge in [0, 0.05) is 9.80 Å². The Morgan fingerprint density at radius 3 is 2.71 bits per heavy atom. The van der Waals surface area contributed by atoms with E-state index in [1.165, 1.54) is 5.57 Å². The Labute approximate surface area is 107 Å². The molecule has 0 nitrogen and oxygen atoms in total. The first-order valence-corrected chi connectivity index (χ1v) is 6.67. The smallest absolute Gasteiger partial charge is 0.0554 e. The fourth-order valence-corrected chi connectivity index (χ4v) is 2.07. The highest BCUT2D eigenvalue weighted by Gasteiger charge is 1.98. The fraction of sp³-hybridized carbons (Fsp3) is 0.273. The standard InChI is InChI=1S/C11H11Br2Cl/c1-2-8(7-12)5-9-3-4-10(13)11(14)6-9/h3-6H,2,7H2,1H3/b8-5-. The van der Waals surface area contributed by atoms with Gasteiger partial charge in [-0.15, -0.1) is 0 Å². The van der Waals surface area contributed by atoms with Crippen molar-refractivity contribution in [2.75, 3.05) is 5.33 Å². The van der Waals surface area contributed by atoms with E-state index in [-0.39, 0.29) is 0 Å². The highest BCUT2D eigenvalue weighted by molar-refractivity contribution is 9.10. The molecule has 1 aromatic carbocycles. The van der Waals surface area contributed by atoms with E-state index in [4.69, 9.17) is 11.6 Å². The van der Waals surface area contributed by atoms with Crippen LogP contribution in [-0.2, 0) is 0 Å². The molecule has 0 aliphatic carbocycles. The molecule has 0 radical (unpaired) electrons. The predicted octanol–water partition coefficient (Wildman–Crippen LogP) is 5.29. The summed E-state index contributed by atoms with van der Waals surface area (Å²) in [6, 6.07) is 5.98. The molecule has 76 valence electrons. The van der Waals surface area contributed by atoms with Crippen molar-refractivity contribution >= 4 is 49.5 Å². The van der Waals surface area contributed by atoms with Crippen LogP contribution >= 0.6 is 43.5 Å². The Balaban J connectivity index is 2.97. The number of hydrogen-bond donors (Lipinski definition) is 0. The summed E-state index contributed by atoms with van der Waals surface area (Å²) < 4.78 is 0.938. The Bertz CT molecular complexity index is 339. The van der Waals surface area contributed by atoms with Crippen molar-refractivity contribution in [3.05, 3.63) is 38.8 Å². The minimum absolute atomic E-state index is 0.753. The van der Waals surface area contributed by atoms with Crippen LogP contribution in [0.4, 0.5) is 0 Å². The largest absolute Gasteiger partial charge is 0.0880 e. The Kier molecular flexibility index (Phi) is 5.21. The predicted molar refractivity (Wildman–Crippen MR) is 71.2 cm³/mol. The van der Waals surface area contributed by atoms with Gasteiger partial charge in [0.05, 0.1) is 5.02 Å². The van der Waals surface area contributed by atoms with Crippen LogP contribution in [0.25, 0.3) is 6.08 Å². The van der Waals surface area contributed by atoms with E-state index in [1.807, 2.05) is 18.2 Å². The lowest BCUT2D eigenvalue weighted by Crippen LogP contribution is -1.82. The van der Waals surface area contributed by atoms with Gasteiger partial charge in [-0.1, -0.05) is 52.2 Å². The molecule has 3 heteroatoms. The number of allylic oxidation sites excluding steroid dienone is 1. The van der Waals surface area contributed by atoms with Gasteiger partial charge in [0.1, 0.15) is 0 Å². The molecule has 0 saturated heterocycles. The molecule has 0 unspecified atom stereocenters. The van der Waals surface area contributed by atoms with Gasteiger partial charge in [-0.05, 0) is 40.0 Å². The number of halogens is 3. The first kappa shape index (κ1) is 12.3. The van der Waals surface area contributed by atoms with Gasteiger partial charge in [-0.2, -0.15) is 0 Å². The molecule has 0 aliphatic rings. The summed E-state index contributed by atoms with van der Waals surface area (Å²) in [4.78, 5) is 0. The normalized spacial score (nSPS) is 11.9. The summed E-state index contributed by atoms with van der Waals surface area (Å²) in [7, 11) is 0. The molecule has 14 heavy (non-hydrogen) atoms. The summed E-state index contributed by atoms with van der Waals surface area (Å²) >= 11 is 12.8. The van der Waals surface area contributed by atoms with Gasteiger partial charge >= 0.3 is 0 Å². The Morgan fingerprint density at radius 2 is 2.21 bits per heavy atom. The molecule has 0 heterocycles. The lowest BCUT2D eigenvalue weighted by molar-refractivity contribution is 1.12. The topological polar surface area (TPSA) is 0 Å². The average Bonchev–Trinajstić information content (AvgIpc) is 2.19. The monoisotopic (exact) mass is 336 g/mol. The minimum atomic E-state index is 0.753. The number of rotatable bonds is 3. The van der Waals surface area contributed by atoms with E-state index < -0.39 is 0 Å². The fourth-order valence-electron chi connectivity index (χ4n) is 1.07. The second-order valence-corrected chi connectivity index (χ2v) is 4.79. The Hall–Kier alpha value is 0.210. The summed E-state index contributed by atoms with van der Waals surface area (Å²) in [6.07, 6.45) is 3.21. The van der Waals surface area contributed by atoms with Crippen LogP contribution in [0, 0.1) is 0 Å². The average molecular weight is 338 g/mol. The molecule has 0 atom stereocenters. The molecule has 0 N–H and O–H groups in total. The van der Waals surface area contributed by atoms with E-state index in [2.05, 4.69) is 44.9 Å². The number of alkyl halides is 1. The summed E-state index contributed by atoms with van der Waals surface area (Å²) in [5.74, 6) is 0. The van der Waals surface area contributed by atoms with E-state index in [0.717, 1.165) is 26.8 Å². The SMILES string of the molecule is CC/C(=C/c1ccc(Br)c(Cl)c1)CBr. The van der Waals surface area contributed by atoms with Crippen LogP contribution in [0.5, 0.6) is 0 Å². The van der Waals surface area contributed by atoms with E-state index >= 15 is 0 Å². The third kappa shape index (κ3) is 3.41. The first-order chi connectivity index (χ1) is 6.67. The van der Waals surface area contributed by atoms with Crippen molar-refractivity contribution in [3.63, 3.8) is 0 Å². The molecule has 0 fully saturated rings. The van der Waals surface area contributed by atoms with Crippen molar-refractivity contribution in [2.45, 2.75) is 13.3 Å². The summed E-state index contributed by atoms with van der Waals surface area (Å²) in [5, 5.41) is 1.67. The molecule has 1 aromatic rings. The minimum Gasteiger partial charge on any atom is -0.0880 e. The second-order valence-electron chi connectivity index (χ2n) is 2.96. The summed E-state index contributed by atoms with van der Waals surface area (Å²) in [6.45, 7) is 2.15. The molecule has 0 bridgehead atoms. The van der Waals surface area contributed by atoms with E-state index in [1.54, 1.807) is 0 Å². The highest BCUT2D eigenvalue weighted by Crippen LogP contribution is 2.24. The van der Waals surface area contributed by atoms with E-state index in [9.17, 15) is 0 Å². The van der Waals surface area contributed by atoms with Crippen molar-refractivity contribution in [2.24, 2.45) is 0 Å². The molecule has 0 amide bonds. The zero-order valence-electron chi connectivity index (χ0n) is 7.86. The van der Waals surface area contributed by atoms with Crippen LogP contribution < -0.4 is 0 Å². The van der Waals surface area contributed by atoms with Crippen molar-refractivity contribution in [3.8, 4) is 0 Å². The zero-order valence-corrected chi connectivity index (χ0v) is 11.8. The Morgan fingerprint density at radius 1 is 1.50 bits per heavy atom. The van der Waals surface area contributed by atoms with E-state index in [0.29, 0.717) is 0 Å². The van der Waals surface area contributed by atoms with Crippen molar-refractivity contribution in [1.82, 2.24) is 0 Å². The van der Waals surface area contributed by atoms with Gasteiger partial charge in [-0.25, -0.2) is 0 Å². The van der Waals surface area contributed by atoms with Crippen molar-refractivity contribution < 1.29 is 0 Å². The first-order valence-electron chi connectivity index (χ1n) is 4.37. The number of hydrogen-bond acceptors (Lipinski definition) is 0. The highest BCUT2D eigenvalue weighted by atomic mass is 79.9. The van der Waals surface area contributed by atoms with Gasteiger partial charge < -0.3 is 0 Å². The zero-order chi connectivity index (χ0) is 10.6. The van der Waals surface area contributed by atoms with Crippen LogP contribution in [0.3, 0.4) is 0 Å². The van der Waals surface area contributed by atoms with Crippen LogP contribution in [-0.4, -0.2) is 5.33 Å². The molecule has 0 spiro atoms. The molecule has 0 saturated carbocycles. The van der Waals surface area contributed by atoms with Crippen molar-refractivity contribution in [1.29, 1.82) is 0 Å². The van der Waals surface area contributed by atoms with Gasteiger partial charge in [0.15, 0.2) is 0 Å². The lowest BCUT2D eigenvalue weighted by atomic mass is 10.1.